The lowest BCUT2D eigenvalue weighted by molar-refractivity contribution is -0.137. The number of halogens is 1. The second kappa shape index (κ2) is 7.63. The SMILES string of the molecule is CC(=O)NC(C(=O)N(C)Cc1ccccc1Cl)C1CCCC1. The van der Waals surface area contributed by atoms with Crippen molar-refractivity contribution in [1.29, 1.82) is 0 Å². The minimum absolute atomic E-state index is 0.0398. The van der Waals surface area contributed by atoms with Gasteiger partial charge in [-0.25, -0.2) is 0 Å². The summed E-state index contributed by atoms with van der Waals surface area (Å²) in [4.78, 5) is 25.8. The molecule has 0 radical (unpaired) electrons. The Labute approximate surface area is 136 Å². The van der Waals surface area contributed by atoms with Crippen LogP contribution in [0.5, 0.6) is 0 Å². The summed E-state index contributed by atoms with van der Waals surface area (Å²) < 4.78 is 0. The molecule has 22 heavy (non-hydrogen) atoms. The van der Waals surface area contributed by atoms with Crippen LogP contribution in [0.3, 0.4) is 0 Å². The van der Waals surface area contributed by atoms with Gasteiger partial charge in [-0.2, -0.15) is 0 Å². The maximum atomic E-state index is 12.7. The molecule has 0 bridgehead atoms. The lowest BCUT2D eigenvalue weighted by atomic mass is 9.96. The standard InChI is InChI=1S/C17H23ClN2O2/c1-12(21)19-16(13-7-3-4-8-13)17(22)20(2)11-14-9-5-6-10-15(14)18/h5-6,9-10,13,16H,3-4,7-8,11H2,1-2H3,(H,19,21). The first-order valence-corrected chi connectivity index (χ1v) is 8.12. The van der Waals surface area contributed by atoms with Crippen molar-refractivity contribution in [3.8, 4) is 0 Å². The van der Waals surface area contributed by atoms with Gasteiger partial charge < -0.3 is 10.2 Å². The number of nitrogens with zero attached hydrogens (tertiary/aromatic N) is 1. The van der Waals surface area contributed by atoms with E-state index in [4.69, 9.17) is 11.6 Å². The minimum Gasteiger partial charge on any atom is -0.344 e. The average Bonchev–Trinajstić information content (AvgIpc) is 3.00. The summed E-state index contributed by atoms with van der Waals surface area (Å²) in [6.45, 7) is 1.91. The highest BCUT2D eigenvalue weighted by Crippen LogP contribution is 2.29. The Hall–Kier alpha value is -1.55. The zero-order valence-corrected chi connectivity index (χ0v) is 13.9. The molecule has 0 aromatic heterocycles. The van der Waals surface area contributed by atoms with E-state index >= 15 is 0 Å². The molecule has 0 aliphatic heterocycles. The Kier molecular flexibility index (Phi) is 5.83. The van der Waals surface area contributed by atoms with Crippen LogP contribution in [-0.2, 0) is 16.1 Å². The second-order valence-corrected chi connectivity index (χ2v) is 6.42. The first kappa shape index (κ1) is 16.8. The number of carbonyl (C=O) groups excluding carboxylic acids is 2. The number of rotatable bonds is 5. The van der Waals surface area contributed by atoms with Crippen molar-refractivity contribution in [3.05, 3.63) is 34.9 Å². The molecule has 1 aromatic carbocycles. The number of benzene rings is 1. The van der Waals surface area contributed by atoms with Crippen molar-refractivity contribution in [1.82, 2.24) is 10.2 Å². The van der Waals surface area contributed by atoms with Crippen LogP contribution in [0.2, 0.25) is 5.02 Å². The summed E-state index contributed by atoms with van der Waals surface area (Å²) in [5.41, 5.74) is 0.910. The Morgan fingerprint density at radius 2 is 1.95 bits per heavy atom. The van der Waals surface area contributed by atoms with Gasteiger partial charge in [0.15, 0.2) is 0 Å². The molecule has 1 unspecified atom stereocenters. The van der Waals surface area contributed by atoms with Crippen molar-refractivity contribution >= 4 is 23.4 Å². The topological polar surface area (TPSA) is 49.4 Å². The number of hydrogen-bond acceptors (Lipinski definition) is 2. The van der Waals surface area contributed by atoms with Crippen LogP contribution in [0.25, 0.3) is 0 Å². The zero-order valence-electron chi connectivity index (χ0n) is 13.1. The van der Waals surface area contributed by atoms with Gasteiger partial charge in [-0.1, -0.05) is 42.6 Å². The second-order valence-electron chi connectivity index (χ2n) is 6.01. The highest BCUT2D eigenvalue weighted by Gasteiger charge is 2.33. The van der Waals surface area contributed by atoms with E-state index in [1.165, 1.54) is 6.92 Å². The minimum atomic E-state index is -0.424. The zero-order chi connectivity index (χ0) is 16.1. The maximum Gasteiger partial charge on any atom is 0.245 e. The normalized spacial score (nSPS) is 16.3. The van der Waals surface area contributed by atoms with E-state index in [0.717, 1.165) is 31.2 Å². The van der Waals surface area contributed by atoms with Crippen LogP contribution in [0.15, 0.2) is 24.3 Å². The van der Waals surface area contributed by atoms with Gasteiger partial charge in [0.2, 0.25) is 11.8 Å². The van der Waals surface area contributed by atoms with Crippen LogP contribution >= 0.6 is 11.6 Å². The predicted molar refractivity (Wildman–Crippen MR) is 87.5 cm³/mol. The Balaban J connectivity index is 2.08. The summed E-state index contributed by atoms with van der Waals surface area (Å²) in [5, 5.41) is 3.49. The third-order valence-electron chi connectivity index (χ3n) is 4.24. The lowest BCUT2D eigenvalue weighted by Crippen LogP contribution is -2.50. The number of amides is 2. The van der Waals surface area contributed by atoms with Crippen LogP contribution in [0.4, 0.5) is 0 Å². The highest BCUT2D eigenvalue weighted by atomic mass is 35.5. The number of likely N-dealkylation sites (N-methyl/N-ethyl adjacent to an activating group) is 1. The van der Waals surface area contributed by atoms with E-state index < -0.39 is 6.04 Å². The van der Waals surface area contributed by atoms with E-state index in [-0.39, 0.29) is 17.7 Å². The summed E-state index contributed by atoms with van der Waals surface area (Å²) >= 11 is 6.16. The Morgan fingerprint density at radius 3 is 2.55 bits per heavy atom. The van der Waals surface area contributed by atoms with Gasteiger partial charge in [0.25, 0.3) is 0 Å². The first-order valence-electron chi connectivity index (χ1n) is 7.74. The fourth-order valence-corrected chi connectivity index (χ4v) is 3.28. The van der Waals surface area contributed by atoms with E-state index in [1.807, 2.05) is 24.3 Å². The molecule has 1 N–H and O–H groups in total. The molecule has 5 heteroatoms. The molecule has 1 aromatic rings. The summed E-state index contributed by atoms with van der Waals surface area (Å²) in [6.07, 6.45) is 4.25. The quantitative estimate of drug-likeness (QED) is 0.906. The van der Waals surface area contributed by atoms with Gasteiger partial charge in [0, 0.05) is 25.5 Å². The highest BCUT2D eigenvalue weighted by molar-refractivity contribution is 6.31. The van der Waals surface area contributed by atoms with Gasteiger partial charge >= 0.3 is 0 Å². The van der Waals surface area contributed by atoms with Crippen LogP contribution in [-0.4, -0.2) is 29.8 Å². The smallest absolute Gasteiger partial charge is 0.245 e. The molecule has 1 aliphatic rings. The van der Waals surface area contributed by atoms with E-state index in [1.54, 1.807) is 11.9 Å². The van der Waals surface area contributed by atoms with Crippen LogP contribution in [0, 0.1) is 5.92 Å². The van der Waals surface area contributed by atoms with Crippen molar-refractivity contribution in [2.75, 3.05) is 7.05 Å². The number of hydrogen-bond donors (Lipinski definition) is 1. The summed E-state index contributed by atoms with van der Waals surface area (Å²) in [6, 6.07) is 7.08. The first-order chi connectivity index (χ1) is 10.5. The monoisotopic (exact) mass is 322 g/mol. The lowest BCUT2D eigenvalue weighted by Gasteiger charge is -2.28. The molecule has 2 amide bonds. The average molecular weight is 323 g/mol. The van der Waals surface area contributed by atoms with Gasteiger partial charge in [-0.05, 0) is 30.4 Å². The van der Waals surface area contributed by atoms with Gasteiger partial charge in [0.1, 0.15) is 6.04 Å². The fourth-order valence-electron chi connectivity index (χ4n) is 3.09. The van der Waals surface area contributed by atoms with Crippen molar-refractivity contribution < 1.29 is 9.59 Å². The van der Waals surface area contributed by atoms with Crippen molar-refractivity contribution in [2.24, 2.45) is 5.92 Å². The van der Waals surface area contributed by atoms with E-state index in [0.29, 0.717) is 11.6 Å². The van der Waals surface area contributed by atoms with Crippen LogP contribution in [0.1, 0.15) is 38.2 Å². The third-order valence-corrected chi connectivity index (χ3v) is 4.61. The molecule has 4 nitrogen and oxygen atoms in total. The molecule has 1 atom stereocenters. The molecule has 2 rings (SSSR count). The molecule has 120 valence electrons. The summed E-state index contributed by atoms with van der Waals surface area (Å²) in [5.74, 6) is 0.0449. The Bertz CT molecular complexity index is 541. The van der Waals surface area contributed by atoms with Crippen LogP contribution < -0.4 is 5.32 Å². The van der Waals surface area contributed by atoms with Crippen molar-refractivity contribution in [2.45, 2.75) is 45.2 Å². The predicted octanol–water partition coefficient (Wildman–Crippen LogP) is 2.99. The molecule has 0 heterocycles. The Morgan fingerprint density at radius 1 is 1.32 bits per heavy atom. The molecule has 0 saturated heterocycles. The van der Waals surface area contributed by atoms with Gasteiger partial charge in [-0.3, -0.25) is 9.59 Å². The maximum absolute atomic E-state index is 12.7. The largest absolute Gasteiger partial charge is 0.344 e. The van der Waals surface area contributed by atoms with E-state index in [9.17, 15) is 9.59 Å². The third kappa shape index (κ3) is 4.23. The van der Waals surface area contributed by atoms with Crippen molar-refractivity contribution in [3.63, 3.8) is 0 Å². The number of nitrogens with one attached hydrogen (secondary N) is 1. The van der Waals surface area contributed by atoms with Gasteiger partial charge in [0.05, 0.1) is 0 Å². The van der Waals surface area contributed by atoms with Gasteiger partial charge in [-0.15, -0.1) is 0 Å². The molecule has 1 fully saturated rings. The van der Waals surface area contributed by atoms with E-state index in [2.05, 4.69) is 5.32 Å². The molecule has 1 saturated carbocycles. The molecule has 1 aliphatic carbocycles. The number of carbonyl (C=O) groups is 2. The summed E-state index contributed by atoms with van der Waals surface area (Å²) in [7, 11) is 1.76. The molecular formula is C17H23ClN2O2. The fraction of sp³-hybridized carbons (Fsp3) is 0.529. The molecular weight excluding hydrogens is 300 g/mol. The molecule has 0 spiro atoms.